The Hall–Kier alpha value is -1.64. The summed E-state index contributed by atoms with van der Waals surface area (Å²) in [5.41, 5.74) is 0.699. The first-order valence-electron chi connectivity index (χ1n) is 7.76. The van der Waals surface area contributed by atoms with Crippen molar-refractivity contribution in [2.24, 2.45) is 4.99 Å². The van der Waals surface area contributed by atoms with E-state index >= 15 is 0 Å². The van der Waals surface area contributed by atoms with Gasteiger partial charge in [-0.25, -0.2) is 4.79 Å². The molecule has 112 valence electrons. The van der Waals surface area contributed by atoms with Gasteiger partial charge in [-0.2, -0.15) is 4.99 Å². The van der Waals surface area contributed by atoms with Gasteiger partial charge in [0, 0.05) is 12.8 Å². The van der Waals surface area contributed by atoms with Crippen LogP contribution in [0, 0.1) is 0 Å². The van der Waals surface area contributed by atoms with Gasteiger partial charge in [0.25, 0.3) is 0 Å². The molecule has 3 rings (SSSR count). The molecule has 2 fully saturated rings. The number of nitrogens with zero attached hydrogens (tertiary/aromatic N) is 1. The van der Waals surface area contributed by atoms with E-state index in [1.54, 1.807) is 6.08 Å². The van der Waals surface area contributed by atoms with Crippen molar-refractivity contribution in [3.8, 4) is 5.75 Å². The summed E-state index contributed by atoms with van der Waals surface area (Å²) < 4.78 is 11.4. The summed E-state index contributed by atoms with van der Waals surface area (Å²) in [6, 6.07) is 8.06. The van der Waals surface area contributed by atoms with Crippen LogP contribution in [0.3, 0.4) is 0 Å². The highest BCUT2D eigenvalue weighted by molar-refractivity contribution is 5.41. The maximum absolute atomic E-state index is 10.8. The first kappa shape index (κ1) is 14.3. The lowest BCUT2D eigenvalue weighted by Gasteiger charge is -2.26. The van der Waals surface area contributed by atoms with Crippen molar-refractivity contribution < 1.29 is 14.3 Å². The van der Waals surface area contributed by atoms with Gasteiger partial charge in [0.2, 0.25) is 6.08 Å². The standard InChI is InChI=1S/C17H21NO3/c19-13-18-17(8-1-2-9-17)14-4-3-5-16(12-14)21-15-6-10-20-11-7-15/h3-5,12,15H,1-2,6-11H2. The molecule has 1 saturated carbocycles. The summed E-state index contributed by atoms with van der Waals surface area (Å²) in [7, 11) is 0. The minimum absolute atomic E-state index is 0.225. The number of carbonyl (C=O) groups excluding carboxylic acids is 1. The molecule has 0 aromatic heterocycles. The molecule has 4 nitrogen and oxygen atoms in total. The van der Waals surface area contributed by atoms with Gasteiger partial charge in [-0.1, -0.05) is 25.0 Å². The van der Waals surface area contributed by atoms with E-state index < -0.39 is 0 Å². The molecule has 0 atom stereocenters. The minimum Gasteiger partial charge on any atom is -0.490 e. The van der Waals surface area contributed by atoms with Gasteiger partial charge in [-0.3, -0.25) is 0 Å². The molecule has 0 spiro atoms. The van der Waals surface area contributed by atoms with Gasteiger partial charge in [-0.15, -0.1) is 0 Å². The lowest BCUT2D eigenvalue weighted by atomic mass is 9.89. The number of hydrogen-bond acceptors (Lipinski definition) is 4. The first-order valence-corrected chi connectivity index (χ1v) is 7.76. The minimum atomic E-state index is -0.378. The van der Waals surface area contributed by atoms with Crippen molar-refractivity contribution in [1.82, 2.24) is 0 Å². The fraction of sp³-hybridized carbons (Fsp3) is 0.588. The maximum atomic E-state index is 10.8. The van der Waals surface area contributed by atoms with E-state index in [0.29, 0.717) is 0 Å². The number of benzene rings is 1. The predicted molar refractivity (Wildman–Crippen MR) is 79.2 cm³/mol. The van der Waals surface area contributed by atoms with Gasteiger partial charge in [0.05, 0.1) is 18.8 Å². The molecule has 0 N–H and O–H groups in total. The van der Waals surface area contributed by atoms with E-state index in [1.165, 1.54) is 0 Å². The van der Waals surface area contributed by atoms with E-state index in [9.17, 15) is 4.79 Å². The third-order valence-corrected chi connectivity index (χ3v) is 4.53. The van der Waals surface area contributed by atoms with E-state index in [0.717, 1.165) is 63.1 Å². The summed E-state index contributed by atoms with van der Waals surface area (Å²) in [5, 5.41) is 0. The zero-order valence-electron chi connectivity index (χ0n) is 12.2. The Labute approximate surface area is 125 Å². The lowest BCUT2D eigenvalue weighted by Crippen LogP contribution is -2.26. The number of rotatable bonds is 4. The molecule has 0 unspecified atom stereocenters. The Kier molecular flexibility index (Phi) is 4.37. The van der Waals surface area contributed by atoms with Crippen LogP contribution in [0.1, 0.15) is 44.1 Å². The Morgan fingerprint density at radius 1 is 1.24 bits per heavy atom. The van der Waals surface area contributed by atoms with E-state index in [1.807, 2.05) is 24.3 Å². The number of aliphatic imine (C=N–C) groups is 1. The summed E-state index contributed by atoms with van der Waals surface area (Å²) in [6.45, 7) is 1.54. The van der Waals surface area contributed by atoms with Crippen LogP contribution in [0.15, 0.2) is 29.3 Å². The zero-order chi connectivity index (χ0) is 14.5. The third-order valence-electron chi connectivity index (χ3n) is 4.53. The van der Waals surface area contributed by atoms with Crippen LogP contribution in [0.5, 0.6) is 5.75 Å². The van der Waals surface area contributed by atoms with Crippen LogP contribution in [0.4, 0.5) is 0 Å². The van der Waals surface area contributed by atoms with Crippen molar-refractivity contribution in [3.05, 3.63) is 29.8 Å². The monoisotopic (exact) mass is 287 g/mol. The summed E-state index contributed by atoms with van der Waals surface area (Å²) in [4.78, 5) is 14.9. The molecule has 1 aliphatic heterocycles. The lowest BCUT2D eigenvalue weighted by molar-refractivity contribution is 0.0255. The molecular formula is C17H21NO3. The van der Waals surface area contributed by atoms with E-state index in [4.69, 9.17) is 9.47 Å². The van der Waals surface area contributed by atoms with Crippen LogP contribution < -0.4 is 4.74 Å². The maximum Gasteiger partial charge on any atom is 0.235 e. The van der Waals surface area contributed by atoms with Crippen LogP contribution in [-0.2, 0) is 15.1 Å². The molecule has 1 aromatic rings. The number of isocyanates is 1. The highest BCUT2D eigenvalue weighted by Crippen LogP contribution is 2.43. The second kappa shape index (κ2) is 6.42. The molecular weight excluding hydrogens is 266 g/mol. The highest BCUT2D eigenvalue weighted by atomic mass is 16.5. The van der Waals surface area contributed by atoms with E-state index in [2.05, 4.69) is 4.99 Å². The van der Waals surface area contributed by atoms with Crippen molar-refractivity contribution >= 4 is 6.08 Å². The number of hydrogen-bond donors (Lipinski definition) is 0. The normalized spacial score (nSPS) is 21.7. The molecule has 1 aromatic carbocycles. The summed E-state index contributed by atoms with van der Waals surface area (Å²) >= 11 is 0. The molecule has 0 bridgehead atoms. The molecule has 1 heterocycles. The Morgan fingerprint density at radius 2 is 2.00 bits per heavy atom. The molecule has 21 heavy (non-hydrogen) atoms. The molecule has 2 aliphatic rings. The highest BCUT2D eigenvalue weighted by Gasteiger charge is 2.35. The van der Waals surface area contributed by atoms with Gasteiger partial charge < -0.3 is 9.47 Å². The Morgan fingerprint density at radius 3 is 2.71 bits per heavy atom. The second-order valence-electron chi connectivity index (χ2n) is 5.90. The average Bonchev–Trinajstić information content (AvgIpc) is 2.99. The molecule has 0 radical (unpaired) electrons. The smallest absolute Gasteiger partial charge is 0.235 e. The average molecular weight is 287 g/mol. The SMILES string of the molecule is O=C=NC1(c2cccc(OC3CCOCC3)c2)CCCC1. The van der Waals surface area contributed by atoms with Gasteiger partial charge in [-0.05, 0) is 30.5 Å². The van der Waals surface area contributed by atoms with Crippen LogP contribution in [-0.4, -0.2) is 25.4 Å². The van der Waals surface area contributed by atoms with Gasteiger partial charge in [0.15, 0.2) is 0 Å². The fourth-order valence-electron chi connectivity index (χ4n) is 3.36. The quantitative estimate of drug-likeness (QED) is 0.630. The third kappa shape index (κ3) is 3.17. The topological polar surface area (TPSA) is 47.9 Å². The summed E-state index contributed by atoms with van der Waals surface area (Å²) in [5.74, 6) is 0.867. The van der Waals surface area contributed by atoms with Gasteiger partial charge >= 0.3 is 0 Å². The first-order chi connectivity index (χ1) is 10.3. The summed E-state index contributed by atoms with van der Waals surface area (Å²) in [6.07, 6.45) is 7.91. The van der Waals surface area contributed by atoms with Crippen molar-refractivity contribution in [3.63, 3.8) is 0 Å². The zero-order valence-corrected chi connectivity index (χ0v) is 12.2. The van der Waals surface area contributed by atoms with Crippen LogP contribution in [0.25, 0.3) is 0 Å². The van der Waals surface area contributed by atoms with Crippen molar-refractivity contribution in [2.75, 3.05) is 13.2 Å². The molecule has 4 heteroatoms. The van der Waals surface area contributed by atoms with Crippen LogP contribution >= 0.6 is 0 Å². The Balaban J connectivity index is 1.80. The van der Waals surface area contributed by atoms with Gasteiger partial charge in [0.1, 0.15) is 11.9 Å². The Bertz CT molecular complexity index is 525. The van der Waals surface area contributed by atoms with Crippen molar-refractivity contribution in [2.45, 2.75) is 50.2 Å². The van der Waals surface area contributed by atoms with Crippen molar-refractivity contribution in [1.29, 1.82) is 0 Å². The van der Waals surface area contributed by atoms with Crippen LogP contribution in [0.2, 0.25) is 0 Å². The second-order valence-corrected chi connectivity index (χ2v) is 5.90. The predicted octanol–water partition coefficient (Wildman–Crippen LogP) is 3.35. The molecule has 1 saturated heterocycles. The molecule has 0 amide bonds. The number of ether oxygens (including phenoxy) is 2. The molecule has 1 aliphatic carbocycles. The fourth-order valence-corrected chi connectivity index (χ4v) is 3.36. The van der Waals surface area contributed by atoms with E-state index in [-0.39, 0.29) is 11.6 Å². The largest absolute Gasteiger partial charge is 0.490 e.